The summed E-state index contributed by atoms with van der Waals surface area (Å²) in [5.74, 6) is 0.341. The second-order valence-corrected chi connectivity index (χ2v) is 8.57. The van der Waals surface area contributed by atoms with Gasteiger partial charge < -0.3 is 5.32 Å². The van der Waals surface area contributed by atoms with Gasteiger partial charge in [0, 0.05) is 24.0 Å². The molecule has 0 saturated heterocycles. The van der Waals surface area contributed by atoms with Crippen molar-refractivity contribution in [2.24, 2.45) is 7.05 Å². The molecule has 0 spiro atoms. The van der Waals surface area contributed by atoms with Crippen LogP contribution in [0.2, 0.25) is 5.02 Å². The van der Waals surface area contributed by atoms with Gasteiger partial charge in [-0.1, -0.05) is 29.8 Å². The number of fused-ring (bicyclic) bond motifs is 1. The summed E-state index contributed by atoms with van der Waals surface area (Å²) < 4.78 is 29.5. The minimum atomic E-state index is -3.90. The third kappa shape index (κ3) is 4.01. The maximum Gasteiger partial charge on any atom is 0.266 e. The Hall–Kier alpha value is -3.17. The highest BCUT2D eigenvalue weighted by molar-refractivity contribution is 7.92. The van der Waals surface area contributed by atoms with Crippen molar-refractivity contribution in [3.8, 4) is 0 Å². The number of hydrogen-bond acceptors (Lipinski definition) is 6. The zero-order valence-electron chi connectivity index (χ0n) is 15.6. The van der Waals surface area contributed by atoms with Crippen molar-refractivity contribution in [3.63, 3.8) is 0 Å². The second kappa shape index (κ2) is 7.34. The first kappa shape index (κ1) is 19.2. The molecule has 29 heavy (non-hydrogen) atoms. The average Bonchev–Trinajstić information content (AvgIpc) is 3.12. The topological polar surface area (TPSA) is 102 Å². The van der Waals surface area contributed by atoms with Crippen molar-refractivity contribution in [1.29, 1.82) is 0 Å². The third-order valence-electron chi connectivity index (χ3n) is 4.25. The third-order valence-corrected chi connectivity index (χ3v) is 5.77. The molecule has 0 aliphatic heterocycles. The highest BCUT2D eigenvalue weighted by atomic mass is 35.5. The van der Waals surface area contributed by atoms with E-state index < -0.39 is 10.0 Å². The Morgan fingerprint density at radius 1 is 1.03 bits per heavy atom. The van der Waals surface area contributed by atoms with Crippen molar-refractivity contribution < 1.29 is 8.42 Å². The summed E-state index contributed by atoms with van der Waals surface area (Å²) in [6.07, 6.45) is 2.68. The van der Waals surface area contributed by atoms with Crippen LogP contribution in [0.5, 0.6) is 0 Å². The molecule has 0 atom stereocenters. The summed E-state index contributed by atoms with van der Waals surface area (Å²) in [4.78, 5) is 9.05. The molecule has 10 heteroatoms. The molecule has 148 valence electrons. The molecule has 0 aliphatic rings. The predicted octanol–water partition coefficient (Wildman–Crippen LogP) is 3.87. The largest absolute Gasteiger partial charge is 0.337 e. The fourth-order valence-corrected chi connectivity index (χ4v) is 3.90. The fourth-order valence-electron chi connectivity index (χ4n) is 2.74. The van der Waals surface area contributed by atoms with Crippen LogP contribution in [0.15, 0.2) is 59.8 Å². The van der Waals surface area contributed by atoms with Gasteiger partial charge in [-0.05, 0) is 36.8 Å². The number of halogens is 1. The van der Waals surface area contributed by atoms with Crippen LogP contribution in [0.3, 0.4) is 0 Å². The zero-order chi connectivity index (χ0) is 20.6. The standard InChI is InChI=1S/C19H17ClN6O2S/c1-12-7-8-13(20)9-17(12)24-18-19(23-16-6-4-3-5-15(16)22-18)25-29(27,28)14-10-21-26(2)11-14/h3-11H,1-2H3,(H,22,24)(H,23,25). The number of aromatic nitrogens is 4. The number of nitrogens with one attached hydrogen (secondary N) is 2. The quantitative estimate of drug-likeness (QED) is 0.500. The first-order valence-electron chi connectivity index (χ1n) is 8.63. The monoisotopic (exact) mass is 428 g/mol. The van der Waals surface area contributed by atoms with Gasteiger partial charge in [0.15, 0.2) is 11.6 Å². The SMILES string of the molecule is Cc1ccc(Cl)cc1Nc1nc2ccccc2nc1NS(=O)(=O)c1cnn(C)c1. The summed E-state index contributed by atoms with van der Waals surface area (Å²) >= 11 is 6.11. The highest BCUT2D eigenvalue weighted by Gasteiger charge is 2.20. The molecule has 2 aromatic heterocycles. The molecule has 0 unspecified atom stereocenters. The Morgan fingerprint density at radius 3 is 2.38 bits per heavy atom. The van der Waals surface area contributed by atoms with Gasteiger partial charge in [-0.25, -0.2) is 18.4 Å². The van der Waals surface area contributed by atoms with Gasteiger partial charge in [0.1, 0.15) is 4.90 Å². The molecule has 0 amide bonds. The Balaban J connectivity index is 1.81. The predicted molar refractivity (Wildman–Crippen MR) is 113 cm³/mol. The van der Waals surface area contributed by atoms with E-state index in [4.69, 9.17) is 11.6 Å². The van der Waals surface area contributed by atoms with Crippen LogP contribution in [0.1, 0.15) is 5.56 Å². The van der Waals surface area contributed by atoms with Gasteiger partial charge in [-0.15, -0.1) is 0 Å². The summed E-state index contributed by atoms with van der Waals surface area (Å²) in [5.41, 5.74) is 2.80. The van der Waals surface area contributed by atoms with Gasteiger partial charge in [-0.2, -0.15) is 5.10 Å². The number of aryl methyl sites for hydroxylation is 2. The molecule has 0 radical (unpaired) electrons. The van der Waals surface area contributed by atoms with E-state index in [2.05, 4.69) is 25.1 Å². The van der Waals surface area contributed by atoms with Gasteiger partial charge in [-0.3, -0.25) is 9.40 Å². The van der Waals surface area contributed by atoms with Crippen LogP contribution in [0.25, 0.3) is 11.0 Å². The molecule has 0 aliphatic carbocycles. The molecule has 0 bridgehead atoms. The normalized spacial score (nSPS) is 11.6. The maximum absolute atomic E-state index is 12.8. The lowest BCUT2D eigenvalue weighted by molar-refractivity contribution is 0.601. The first-order valence-corrected chi connectivity index (χ1v) is 10.5. The molecule has 0 saturated carbocycles. The highest BCUT2D eigenvalue weighted by Crippen LogP contribution is 2.29. The Morgan fingerprint density at radius 2 is 1.72 bits per heavy atom. The summed E-state index contributed by atoms with van der Waals surface area (Å²) in [5, 5.41) is 7.61. The number of sulfonamides is 1. The lowest BCUT2D eigenvalue weighted by Crippen LogP contribution is -2.15. The maximum atomic E-state index is 12.8. The van der Waals surface area contributed by atoms with E-state index >= 15 is 0 Å². The molecule has 2 N–H and O–H groups in total. The fraction of sp³-hybridized carbons (Fsp3) is 0.105. The average molecular weight is 429 g/mol. The lowest BCUT2D eigenvalue weighted by atomic mass is 10.2. The van der Waals surface area contributed by atoms with Crippen LogP contribution in [0.4, 0.5) is 17.3 Å². The zero-order valence-corrected chi connectivity index (χ0v) is 17.2. The van der Waals surface area contributed by atoms with Crippen LogP contribution in [-0.2, 0) is 17.1 Å². The molecular formula is C19H17ClN6O2S. The van der Waals surface area contributed by atoms with Crippen LogP contribution in [-0.4, -0.2) is 28.2 Å². The van der Waals surface area contributed by atoms with Crippen molar-refractivity contribution in [1.82, 2.24) is 19.7 Å². The van der Waals surface area contributed by atoms with Crippen LogP contribution < -0.4 is 10.0 Å². The van der Waals surface area contributed by atoms with Gasteiger partial charge in [0.05, 0.1) is 17.2 Å². The molecule has 4 rings (SSSR count). The number of benzene rings is 2. The van der Waals surface area contributed by atoms with E-state index in [0.717, 1.165) is 5.56 Å². The Kier molecular flexibility index (Phi) is 4.85. The number of anilines is 3. The van der Waals surface area contributed by atoms with E-state index in [9.17, 15) is 8.42 Å². The molecular weight excluding hydrogens is 412 g/mol. The molecule has 2 heterocycles. The van der Waals surface area contributed by atoms with Gasteiger partial charge in [0.25, 0.3) is 10.0 Å². The van der Waals surface area contributed by atoms with E-state index in [-0.39, 0.29) is 16.5 Å². The van der Waals surface area contributed by atoms with E-state index in [1.807, 2.05) is 25.1 Å². The first-order chi connectivity index (χ1) is 13.8. The summed E-state index contributed by atoms with van der Waals surface area (Å²) in [7, 11) is -2.25. The minimum absolute atomic E-state index is 0.0276. The van der Waals surface area contributed by atoms with E-state index in [1.54, 1.807) is 31.3 Å². The number of rotatable bonds is 5. The molecule has 4 aromatic rings. The van der Waals surface area contributed by atoms with Crippen molar-refractivity contribution >= 4 is 50.0 Å². The Bertz CT molecular complexity index is 1320. The number of nitrogens with zero attached hydrogens (tertiary/aromatic N) is 4. The minimum Gasteiger partial charge on any atom is -0.337 e. The van der Waals surface area contributed by atoms with Crippen LogP contribution >= 0.6 is 11.6 Å². The molecule has 8 nitrogen and oxygen atoms in total. The molecule has 0 fully saturated rings. The number of para-hydroxylation sites is 2. The van der Waals surface area contributed by atoms with Crippen molar-refractivity contribution in [3.05, 3.63) is 65.4 Å². The smallest absolute Gasteiger partial charge is 0.266 e. The van der Waals surface area contributed by atoms with Crippen molar-refractivity contribution in [2.75, 3.05) is 10.0 Å². The van der Waals surface area contributed by atoms with Gasteiger partial charge in [0.2, 0.25) is 0 Å². The van der Waals surface area contributed by atoms with Crippen molar-refractivity contribution in [2.45, 2.75) is 11.8 Å². The van der Waals surface area contributed by atoms with E-state index in [1.165, 1.54) is 17.1 Å². The molecule has 2 aromatic carbocycles. The van der Waals surface area contributed by atoms with Gasteiger partial charge >= 0.3 is 0 Å². The number of hydrogen-bond donors (Lipinski definition) is 2. The summed E-state index contributed by atoms with van der Waals surface area (Å²) in [6.45, 7) is 1.91. The second-order valence-electron chi connectivity index (χ2n) is 6.45. The van der Waals surface area contributed by atoms with Crippen LogP contribution in [0, 0.1) is 6.92 Å². The Labute approximate surface area is 172 Å². The van der Waals surface area contributed by atoms with E-state index in [0.29, 0.717) is 21.7 Å². The lowest BCUT2D eigenvalue weighted by Gasteiger charge is -2.14. The summed E-state index contributed by atoms with van der Waals surface area (Å²) in [6, 6.07) is 12.6.